The number of carbonyl (C=O) groups is 4. The van der Waals surface area contributed by atoms with Crippen LogP contribution in [0.15, 0.2) is 42.9 Å². The second-order valence-electron chi connectivity index (χ2n) is 8.42. The van der Waals surface area contributed by atoms with Gasteiger partial charge in [-0.05, 0) is 30.2 Å². The Bertz CT molecular complexity index is 1370. The molecular formula is C23H20FN7O4. The average Bonchev–Trinajstić information content (AvgIpc) is 3.45. The molecule has 0 spiro atoms. The average molecular weight is 477 g/mol. The number of hydrogen-bond donors (Lipinski definition) is 1. The summed E-state index contributed by atoms with van der Waals surface area (Å²) < 4.78 is 15.2. The lowest BCUT2D eigenvalue weighted by molar-refractivity contribution is -0.136. The molecule has 0 aliphatic carbocycles. The highest BCUT2D eigenvalue weighted by Crippen LogP contribution is 2.29. The first-order chi connectivity index (χ1) is 16.8. The predicted octanol–water partition coefficient (Wildman–Crippen LogP) is 0.835. The van der Waals surface area contributed by atoms with E-state index in [9.17, 15) is 23.6 Å². The lowest BCUT2D eigenvalue weighted by Crippen LogP contribution is -2.52. The molecule has 4 heterocycles. The number of nitrogens with zero attached hydrogens (tertiary/aromatic N) is 6. The highest BCUT2D eigenvalue weighted by molar-refractivity contribution is 6.05. The highest BCUT2D eigenvalue weighted by atomic mass is 19.1. The molecule has 4 amide bonds. The topological polar surface area (TPSA) is 130 Å². The number of rotatable bonds is 5. The van der Waals surface area contributed by atoms with Gasteiger partial charge in [-0.15, -0.1) is 5.10 Å². The molecule has 0 bridgehead atoms. The number of fused-ring (bicyclic) bond motifs is 1. The lowest BCUT2D eigenvalue weighted by Gasteiger charge is -2.29. The largest absolute Gasteiger partial charge is 0.336 e. The molecule has 178 valence electrons. The SMILES string of the molecule is CN(Cc1ccncc1F)C(=O)c1cn(-c2ccc3c(c2)C(=O)N(C2CCC(=O)NC2=O)C3)nn1. The quantitative estimate of drug-likeness (QED) is 0.539. The summed E-state index contributed by atoms with van der Waals surface area (Å²) in [5.74, 6) is -2.09. The van der Waals surface area contributed by atoms with Crippen molar-refractivity contribution in [1.82, 2.24) is 35.1 Å². The van der Waals surface area contributed by atoms with Gasteiger partial charge in [0.1, 0.15) is 11.9 Å². The molecule has 1 saturated heterocycles. The monoisotopic (exact) mass is 477 g/mol. The Labute approximate surface area is 198 Å². The molecule has 1 N–H and O–H groups in total. The molecule has 0 radical (unpaired) electrons. The van der Waals surface area contributed by atoms with Crippen LogP contribution in [0, 0.1) is 5.82 Å². The second-order valence-corrected chi connectivity index (χ2v) is 8.42. The fourth-order valence-electron chi connectivity index (χ4n) is 4.23. The van der Waals surface area contributed by atoms with E-state index < -0.39 is 23.7 Å². The molecule has 3 aromatic rings. The smallest absolute Gasteiger partial charge is 0.276 e. The molecule has 5 rings (SSSR count). The molecule has 1 atom stereocenters. The molecule has 12 heteroatoms. The van der Waals surface area contributed by atoms with E-state index >= 15 is 0 Å². The lowest BCUT2D eigenvalue weighted by atomic mass is 10.0. The zero-order valence-corrected chi connectivity index (χ0v) is 18.6. The maximum atomic E-state index is 13.9. The van der Waals surface area contributed by atoms with Crippen molar-refractivity contribution >= 4 is 23.6 Å². The zero-order chi connectivity index (χ0) is 24.7. The van der Waals surface area contributed by atoms with Crippen molar-refractivity contribution in [2.45, 2.75) is 32.0 Å². The Morgan fingerprint density at radius 2 is 2.09 bits per heavy atom. The number of halogens is 1. The van der Waals surface area contributed by atoms with Crippen molar-refractivity contribution in [2.75, 3.05) is 7.05 Å². The Morgan fingerprint density at radius 1 is 1.26 bits per heavy atom. The molecule has 1 aromatic carbocycles. The van der Waals surface area contributed by atoms with Crippen LogP contribution in [0.2, 0.25) is 0 Å². The molecule has 1 fully saturated rings. The minimum Gasteiger partial charge on any atom is -0.336 e. The third-order valence-electron chi connectivity index (χ3n) is 6.10. The number of imide groups is 1. The number of nitrogens with one attached hydrogen (secondary N) is 1. The Morgan fingerprint density at radius 3 is 2.86 bits per heavy atom. The first-order valence-corrected chi connectivity index (χ1v) is 10.9. The Balaban J connectivity index is 1.32. The summed E-state index contributed by atoms with van der Waals surface area (Å²) in [5, 5.41) is 10.2. The van der Waals surface area contributed by atoms with E-state index in [1.165, 1.54) is 40.0 Å². The third-order valence-corrected chi connectivity index (χ3v) is 6.10. The normalized spacial score (nSPS) is 17.4. The van der Waals surface area contributed by atoms with Crippen molar-refractivity contribution in [1.29, 1.82) is 0 Å². The standard InChI is InChI=1S/C23H20FN7O4/c1-29(10-14-6-7-25-9-17(14)24)23(35)18-12-31(28-27-18)15-3-2-13-11-30(22(34)16(13)8-15)19-4-5-20(32)26-21(19)33/h2-3,6-9,12,19H,4-5,10-11H2,1H3,(H,26,32,33). The molecule has 35 heavy (non-hydrogen) atoms. The maximum Gasteiger partial charge on any atom is 0.276 e. The summed E-state index contributed by atoms with van der Waals surface area (Å²) in [7, 11) is 1.53. The van der Waals surface area contributed by atoms with E-state index in [0.717, 1.165) is 11.8 Å². The Kier molecular flexibility index (Phi) is 5.55. The van der Waals surface area contributed by atoms with Crippen LogP contribution in [-0.2, 0) is 22.7 Å². The zero-order valence-electron chi connectivity index (χ0n) is 18.6. The summed E-state index contributed by atoms with van der Waals surface area (Å²) in [6, 6.07) is 5.92. The first kappa shape index (κ1) is 22.3. The van der Waals surface area contributed by atoms with Gasteiger partial charge in [-0.2, -0.15) is 0 Å². The molecule has 1 unspecified atom stereocenters. The van der Waals surface area contributed by atoms with E-state index in [-0.39, 0.29) is 43.4 Å². The van der Waals surface area contributed by atoms with Crippen molar-refractivity contribution in [3.63, 3.8) is 0 Å². The van der Waals surface area contributed by atoms with E-state index in [1.807, 2.05) is 0 Å². The number of pyridine rings is 1. The maximum absolute atomic E-state index is 13.9. The summed E-state index contributed by atoms with van der Waals surface area (Å²) in [5.41, 5.74) is 2.05. The first-order valence-electron chi connectivity index (χ1n) is 10.9. The van der Waals surface area contributed by atoms with Gasteiger partial charge in [0.05, 0.1) is 18.1 Å². The molecule has 2 aliphatic heterocycles. The third kappa shape index (κ3) is 4.14. The van der Waals surface area contributed by atoms with Crippen molar-refractivity contribution in [3.05, 3.63) is 71.1 Å². The van der Waals surface area contributed by atoms with Crippen LogP contribution in [-0.4, -0.2) is 66.5 Å². The summed E-state index contributed by atoms with van der Waals surface area (Å²) >= 11 is 0. The number of amides is 4. The highest BCUT2D eigenvalue weighted by Gasteiger charge is 2.39. The summed E-state index contributed by atoms with van der Waals surface area (Å²) in [4.78, 5) is 55.9. The summed E-state index contributed by atoms with van der Waals surface area (Å²) in [6.45, 7) is 0.293. The molecule has 0 saturated carbocycles. The van der Waals surface area contributed by atoms with Crippen LogP contribution in [0.4, 0.5) is 4.39 Å². The van der Waals surface area contributed by atoms with Gasteiger partial charge in [0.25, 0.3) is 11.8 Å². The fourth-order valence-corrected chi connectivity index (χ4v) is 4.23. The van der Waals surface area contributed by atoms with Gasteiger partial charge in [0.2, 0.25) is 11.8 Å². The number of hydrogen-bond acceptors (Lipinski definition) is 7. The van der Waals surface area contributed by atoms with E-state index in [2.05, 4.69) is 20.6 Å². The van der Waals surface area contributed by atoms with Crippen LogP contribution >= 0.6 is 0 Å². The van der Waals surface area contributed by atoms with Crippen LogP contribution in [0.1, 0.15) is 44.8 Å². The Hall–Kier alpha value is -4.48. The number of carbonyl (C=O) groups excluding carboxylic acids is 4. The van der Waals surface area contributed by atoms with Crippen molar-refractivity contribution < 1.29 is 23.6 Å². The number of piperidine rings is 1. The van der Waals surface area contributed by atoms with Crippen molar-refractivity contribution in [3.8, 4) is 5.69 Å². The van der Waals surface area contributed by atoms with E-state index in [4.69, 9.17) is 0 Å². The van der Waals surface area contributed by atoms with Crippen LogP contribution in [0.5, 0.6) is 0 Å². The molecule has 11 nitrogen and oxygen atoms in total. The second kappa shape index (κ2) is 8.70. The minimum atomic E-state index is -0.701. The van der Waals surface area contributed by atoms with Crippen LogP contribution in [0.3, 0.4) is 0 Å². The molecular weight excluding hydrogens is 457 g/mol. The fraction of sp³-hybridized carbons (Fsp3) is 0.261. The molecule has 2 aromatic heterocycles. The van der Waals surface area contributed by atoms with Gasteiger partial charge in [-0.1, -0.05) is 11.3 Å². The van der Waals surface area contributed by atoms with Gasteiger partial charge in [-0.3, -0.25) is 29.5 Å². The van der Waals surface area contributed by atoms with Gasteiger partial charge in [0.15, 0.2) is 5.69 Å². The number of aromatic nitrogens is 4. The molecule has 2 aliphatic rings. The summed E-state index contributed by atoms with van der Waals surface area (Å²) in [6.07, 6.45) is 4.42. The van der Waals surface area contributed by atoms with Gasteiger partial charge in [-0.25, -0.2) is 9.07 Å². The van der Waals surface area contributed by atoms with Crippen LogP contribution < -0.4 is 5.32 Å². The van der Waals surface area contributed by atoms with Gasteiger partial charge >= 0.3 is 0 Å². The van der Waals surface area contributed by atoms with Gasteiger partial charge < -0.3 is 9.80 Å². The van der Waals surface area contributed by atoms with Gasteiger partial charge in [0, 0.05) is 43.9 Å². The van der Waals surface area contributed by atoms with E-state index in [0.29, 0.717) is 16.8 Å². The predicted molar refractivity (Wildman–Crippen MR) is 117 cm³/mol. The van der Waals surface area contributed by atoms with E-state index in [1.54, 1.807) is 18.2 Å². The number of benzene rings is 1. The van der Waals surface area contributed by atoms with Crippen LogP contribution in [0.25, 0.3) is 5.69 Å². The minimum absolute atomic E-state index is 0.0313. The van der Waals surface area contributed by atoms with Crippen molar-refractivity contribution in [2.24, 2.45) is 0 Å².